The zero-order chi connectivity index (χ0) is 12.3. The van der Waals surface area contributed by atoms with Gasteiger partial charge < -0.3 is 10.6 Å². The maximum absolute atomic E-state index is 11.7. The number of aryl methyl sites for hydroxylation is 2. The van der Waals surface area contributed by atoms with E-state index in [1.807, 2.05) is 11.3 Å². The molecule has 2 rings (SSSR count). The molecule has 1 saturated heterocycles. The fourth-order valence-electron chi connectivity index (χ4n) is 2.09. The van der Waals surface area contributed by atoms with Crippen molar-refractivity contribution in [3.63, 3.8) is 0 Å². The Labute approximate surface area is 107 Å². The molecule has 1 atom stereocenters. The van der Waals surface area contributed by atoms with Gasteiger partial charge in [0, 0.05) is 22.8 Å². The number of hydrogen-bond donors (Lipinski definition) is 2. The smallest absolute Gasteiger partial charge is 0.237 e. The Morgan fingerprint density at radius 1 is 1.47 bits per heavy atom. The van der Waals surface area contributed by atoms with Crippen LogP contribution in [0.2, 0.25) is 0 Å². The molecule has 94 valence electrons. The summed E-state index contributed by atoms with van der Waals surface area (Å²) in [5.41, 5.74) is 1.34. The summed E-state index contributed by atoms with van der Waals surface area (Å²) < 4.78 is 0. The molecule has 1 fully saturated rings. The normalized spacial score (nSPS) is 21.1. The zero-order valence-corrected chi connectivity index (χ0v) is 11.3. The second-order valence-electron chi connectivity index (χ2n) is 4.67. The highest BCUT2D eigenvalue weighted by atomic mass is 32.1. The van der Waals surface area contributed by atoms with Gasteiger partial charge in [-0.05, 0) is 44.7 Å². The number of rotatable bonds is 3. The molecule has 0 spiro atoms. The van der Waals surface area contributed by atoms with Crippen molar-refractivity contribution in [2.24, 2.45) is 0 Å². The number of carbonyl (C=O) groups excluding carboxylic acids is 1. The summed E-state index contributed by atoms with van der Waals surface area (Å²) in [6.45, 7) is 5.90. The predicted molar refractivity (Wildman–Crippen MR) is 71.3 cm³/mol. The minimum absolute atomic E-state index is 0.0137. The predicted octanol–water partition coefficient (Wildman–Crippen LogP) is 2.12. The van der Waals surface area contributed by atoms with Crippen LogP contribution in [0.25, 0.3) is 0 Å². The standard InChI is InChI=1S/C13H20N2OS/c1-9-7-11(17-10(9)2)8-15-12-5-3-4-6-14-13(12)16/h7,12,15H,3-6,8H2,1-2H3,(H,14,16). The quantitative estimate of drug-likeness (QED) is 0.865. The van der Waals surface area contributed by atoms with Gasteiger partial charge in [-0.1, -0.05) is 0 Å². The van der Waals surface area contributed by atoms with Gasteiger partial charge in [-0.15, -0.1) is 11.3 Å². The molecule has 1 unspecified atom stereocenters. The monoisotopic (exact) mass is 252 g/mol. The molecule has 4 heteroatoms. The van der Waals surface area contributed by atoms with E-state index in [0.29, 0.717) is 0 Å². The van der Waals surface area contributed by atoms with Crippen LogP contribution in [0.15, 0.2) is 6.07 Å². The first kappa shape index (κ1) is 12.6. The fraction of sp³-hybridized carbons (Fsp3) is 0.615. The van der Waals surface area contributed by atoms with Gasteiger partial charge >= 0.3 is 0 Å². The van der Waals surface area contributed by atoms with Crippen molar-refractivity contribution in [2.45, 2.75) is 45.7 Å². The highest BCUT2D eigenvalue weighted by Gasteiger charge is 2.19. The van der Waals surface area contributed by atoms with Crippen molar-refractivity contribution in [2.75, 3.05) is 6.54 Å². The van der Waals surface area contributed by atoms with Gasteiger partial charge in [0.05, 0.1) is 6.04 Å². The Morgan fingerprint density at radius 2 is 2.29 bits per heavy atom. The van der Waals surface area contributed by atoms with E-state index >= 15 is 0 Å². The van der Waals surface area contributed by atoms with E-state index in [0.717, 1.165) is 32.4 Å². The van der Waals surface area contributed by atoms with Crippen molar-refractivity contribution in [1.82, 2.24) is 10.6 Å². The van der Waals surface area contributed by atoms with Crippen molar-refractivity contribution in [3.05, 3.63) is 21.4 Å². The molecule has 3 nitrogen and oxygen atoms in total. The minimum Gasteiger partial charge on any atom is -0.355 e. The molecule has 1 aliphatic heterocycles. The van der Waals surface area contributed by atoms with E-state index in [2.05, 4.69) is 30.5 Å². The van der Waals surface area contributed by atoms with Gasteiger partial charge in [0.25, 0.3) is 0 Å². The maximum Gasteiger partial charge on any atom is 0.237 e. The molecular formula is C13H20N2OS. The first-order valence-corrected chi connectivity index (χ1v) is 7.05. The second kappa shape index (κ2) is 5.65. The van der Waals surface area contributed by atoms with E-state index in [1.54, 1.807) is 0 Å². The number of nitrogens with one attached hydrogen (secondary N) is 2. The Kier molecular flexibility index (Phi) is 4.18. The van der Waals surface area contributed by atoms with Crippen LogP contribution in [0.1, 0.15) is 34.6 Å². The third-order valence-electron chi connectivity index (χ3n) is 3.27. The van der Waals surface area contributed by atoms with Crippen molar-refractivity contribution < 1.29 is 4.79 Å². The van der Waals surface area contributed by atoms with Crippen LogP contribution in [-0.2, 0) is 11.3 Å². The van der Waals surface area contributed by atoms with Crippen LogP contribution in [-0.4, -0.2) is 18.5 Å². The lowest BCUT2D eigenvalue weighted by Gasteiger charge is -2.14. The Balaban J connectivity index is 1.90. The first-order chi connectivity index (χ1) is 8.16. The van der Waals surface area contributed by atoms with Crippen molar-refractivity contribution in [3.8, 4) is 0 Å². The Morgan fingerprint density at radius 3 is 3.00 bits per heavy atom. The van der Waals surface area contributed by atoms with Crippen LogP contribution < -0.4 is 10.6 Å². The number of carbonyl (C=O) groups is 1. The van der Waals surface area contributed by atoms with E-state index in [1.165, 1.54) is 15.3 Å². The zero-order valence-electron chi connectivity index (χ0n) is 10.5. The third kappa shape index (κ3) is 3.30. The SMILES string of the molecule is Cc1cc(CNC2CCCCNC2=O)sc1C. The largest absolute Gasteiger partial charge is 0.355 e. The number of hydrogen-bond acceptors (Lipinski definition) is 3. The van der Waals surface area contributed by atoms with Gasteiger partial charge in [-0.3, -0.25) is 4.79 Å². The summed E-state index contributed by atoms with van der Waals surface area (Å²) in [6.07, 6.45) is 3.18. The number of amides is 1. The lowest BCUT2D eigenvalue weighted by molar-refractivity contribution is -0.122. The van der Waals surface area contributed by atoms with Crippen LogP contribution in [0.3, 0.4) is 0 Å². The molecule has 1 amide bonds. The molecule has 2 N–H and O–H groups in total. The molecule has 0 aromatic carbocycles. The molecule has 0 saturated carbocycles. The van der Waals surface area contributed by atoms with Crippen molar-refractivity contribution >= 4 is 17.2 Å². The molecule has 1 aliphatic rings. The van der Waals surface area contributed by atoms with Crippen LogP contribution in [0.5, 0.6) is 0 Å². The summed E-state index contributed by atoms with van der Waals surface area (Å²) in [7, 11) is 0. The van der Waals surface area contributed by atoms with E-state index in [4.69, 9.17) is 0 Å². The summed E-state index contributed by atoms with van der Waals surface area (Å²) >= 11 is 1.82. The van der Waals surface area contributed by atoms with Crippen LogP contribution in [0, 0.1) is 13.8 Å². The van der Waals surface area contributed by atoms with Crippen molar-refractivity contribution in [1.29, 1.82) is 0 Å². The first-order valence-electron chi connectivity index (χ1n) is 6.24. The van der Waals surface area contributed by atoms with Gasteiger partial charge in [-0.25, -0.2) is 0 Å². The summed E-state index contributed by atoms with van der Waals surface area (Å²) in [4.78, 5) is 14.4. The average molecular weight is 252 g/mol. The Hall–Kier alpha value is -0.870. The fourth-order valence-corrected chi connectivity index (χ4v) is 3.10. The van der Waals surface area contributed by atoms with E-state index in [-0.39, 0.29) is 11.9 Å². The Bertz CT molecular complexity index is 381. The minimum atomic E-state index is -0.0137. The molecule has 0 radical (unpaired) electrons. The molecule has 0 bridgehead atoms. The van der Waals surface area contributed by atoms with Crippen LogP contribution >= 0.6 is 11.3 Å². The molecule has 1 aromatic rings. The van der Waals surface area contributed by atoms with E-state index < -0.39 is 0 Å². The highest BCUT2D eigenvalue weighted by molar-refractivity contribution is 7.12. The van der Waals surface area contributed by atoms with Crippen LogP contribution in [0.4, 0.5) is 0 Å². The van der Waals surface area contributed by atoms with Gasteiger partial charge in [-0.2, -0.15) is 0 Å². The van der Waals surface area contributed by atoms with Gasteiger partial charge in [0.2, 0.25) is 5.91 Å². The summed E-state index contributed by atoms with van der Waals surface area (Å²) in [5, 5.41) is 6.32. The lowest BCUT2D eigenvalue weighted by Crippen LogP contribution is -2.42. The molecule has 0 aliphatic carbocycles. The topological polar surface area (TPSA) is 41.1 Å². The summed E-state index contributed by atoms with van der Waals surface area (Å²) in [5.74, 6) is 0.160. The average Bonchev–Trinajstić information content (AvgIpc) is 2.50. The van der Waals surface area contributed by atoms with E-state index in [9.17, 15) is 4.79 Å². The van der Waals surface area contributed by atoms with Gasteiger partial charge in [0.1, 0.15) is 0 Å². The highest BCUT2D eigenvalue weighted by Crippen LogP contribution is 2.20. The lowest BCUT2D eigenvalue weighted by atomic mass is 10.1. The molecule has 17 heavy (non-hydrogen) atoms. The number of thiophene rings is 1. The second-order valence-corrected chi connectivity index (χ2v) is 6.01. The third-order valence-corrected chi connectivity index (χ3v) is 4.43. The summed E-state index contributed by atoms with van der Waals surface area (Å²) in [6, 6.07) is 2.20. The van der Waals surface area contributed by atoms with Gasteiger partial charge in [0.15, 0.2) is 0 Å². The molecular weight excluding hydrogens is 232 g/mol. The molecule has 2 heterocycles. The maximum atomic E-state index is 11.7. The molecule has 1 aromatic heterocycles.